The average Bonchev–Trinajstić information content (AvgIpc) is 2.27. The SMILES string of the molecule is CC(C)COc1cncc(C#CCCO)c1. The zero-order valence-electron chi connectivity index (χ0n) is 9.73. The van der Waals surface area contributed by atoms with E-state index in [-0.39, 0.29) is 6.61 Å². The van der Waals surface area contributed by atoms with Crippen LogP contribution in [0.25, 0.3) is 0 Å². The molecule has 0 fully saturated rings. The Bertz CT molecular complexity index is 377. The molecule has 1 aromatic rings. The van der Waals surface area contributed by atoms with Gasteiger partial charge in [0.1, 0.15) is 5.75 Å². The van der Waals surface area contributed by atoms with Gasteiger partial charge in [0.25, 0.3) is 0 Å². The Labute approximate surface area is 96.5 Å². The van der Waals surface area contributed by atoms with Gasteiger partial charge in [-0.2, -0.15) is 0 Å². The maximum atomic E-state index is 8.60. The van der Waals surface area contributed by atoms with Gasteiger partial charge in [-0.05, 0) is 12.0 Å². The van der Waals surface area contributed by atoms with Crippen molar-refractivity contribution in [1.29, 1.82) is 0 Å². The molecule has 0 radical (unpaired) electrons. The van der Waals surface area contributed by atoms with Crippen molar-refractivity contribution >= 4 is 0 Å². The van der Waals surface area contributed by atoms with Gasteiger partial charge in [-0.25, -0.2) is 0 Å². The van der Waals surface area contributed by atoms with Crippen LogP contribution in [-0.2, 0) is 0 Å². The predicted octanol–water partition coefficient (Wildman–Crippen LogP) is 1.85. The Kier molecular flexibility index (Phi) is 5.38. The summed E-state index contributed by atoms with van der Waals surface area (Å²) in [5, 5.41) is 8.60. The van der Waals surface area contributed by atoms with Crippen molar-refractivity contribution < 1.29 is 9.84 Å². The predicted molar refractivity (Wildman–Crippen MR) is 63.2 cm³/mol. The molecule has 0 aliphatic rings. The highest BCUT2D eigenvalue weighted by Crippen LogP contribution is 2.11. The molecule has 1 aromatic heterocycles. The lowest BCUT2D eigenvalue weighted by Gasteiger charge is -2.07. The zero-order chi connectivity index (χ0) is 11.8. The second-order valence-electron chi connectivity index (χ2n) is 3.89. The summed E-state index contributed by atoms with van der Waals surface area (Å²) in [4.78, 5) is 4.05. The second kappa shape index (κ2) is 6.86. The Morgan fingerprint density at radius 3 is 2.94 bits per heavy atom. The molecule has 3 heteroatoms. The quantitative estimate of drug-likeness (QED) is 0.786. The lowest BCUT2D eigenvalue weighted by molar-refractivity contribution is 0.270. The van der Waals surface area contributed by atoms with Crippen LogP contribution in [0.5, 0.6) is 5.75 Å². The molecule has 86 valence electrons. The molecule has 16 heavy (non-hydrogen) atoms. The number of aromatic nitrogens is 1. The van der Waals surface area contributed by atoms with Crippen LogP contribution in [0.4, 0.5) is 0 Å². The van der Waals surface area contributed by atoms with Crippen molar-refractivity contribution in [3.63, 3.8) is 0 Å². The monoisotopic (exact) mass is 219 g/mol. The number of aliphatic hydroxyl groups is 1. The van der Waals surface area contributed by atoms with E-state index < -0.39 is 0 Å². The molecule has 3 nitrogen and oxygen atoms in total. The van der Waals surface area contributed by atoms with E-state index in [4.69, 9.17) is 9.84 Å². The summed E-state index contributed by atoms with van der Waals surface area (Å²) >= 11 is 0. The Morgan fingerprint density at radius 2 is 2.25 bits per heavy atom. The van der Waals surface area contributed by atoms with Gasteiger partial charge in [-0.3, -0.25) is 4.98 Å². The fourth-order valence-corrected chi connectivity index (χ4v) is 1.05. The molecule has 0 aromatic carbocycles. The first-order valence-electron chi connectivity index (χ1n) is 5.40. The highest BCUT2D eigenvalue weighted by Gasteiger charge is 1.98. The summed E-state index contributed by atoms with van der Waals surface area (Å²) in [5.41, 5.74) is 0.815. The second-order valence-corrected chi connectivity index (χ2v) is 3.89. The van der Waals surface area contributed by atoms with E-state index in [1.54, 1.807) is 12.4 Å². The van der Waals surface area contributed by atoms with E-state index in [2.05, 4.69) is 30.7 Å². The number of nitrogens with zero attached hydrogens (tertiary/aromatic N) is 1. The maximum Gasteiger partial charge on any atom is 0.138 e. The Morgan fingerprint density at radius 1 is 1.44 bits per heavy atom. The van der Waals surface area contributed by atoms with E-state index in [0.29, 0.717) is 18.9 Å². The molecular formula is C13H17NO2. The molecule has 0 aliphatic carbocycles. The van der Waals surface area contributed by atoms with E-state index in [1.165, 1.54) is 0 Å². The molecule has 0 amide bonds. The van der Waals surface area contributed by atoms with E-state index in [9.17, 15) is 0 Å². The van der Waals surface area contributed by atoms with Crippen LogP contribution in [-0.4, -0.2) is 23.3 Å². The molecule has 0 unspecified atom stereocenters. The fourth-order valence-electron chi connectivity index (χ4n) is 1.05. The zero-order valence-corrected chi connectivity index (χ0v) is 9.73. The summed E-state index contributed by atoms with van der Waals surface area (Å²) in [6.07, 6.45) is 3.85. The number of rotatable bonds is 4. The van der Waals surface area contributed by atoms with Gasteiger partial charge >= 0.3 is 0 Å². The largest absolute Gasteiger partial charge is 0.492 e. The van der Waals surface area contributed by atoms with Gasteiger partial charge in [-0.15, -0.1) is 0 Å². The van der Waals surface area contributed by atoms with E-state index >= 15 is 0 Å². The molecule has 1 N–H and O–H groups in total. The smallest absolute Gasteiger partial charge is 0.138 e. The molecule has 0 atom stereocenters. The van der Waals surface area contributed by atoms with Crippen LogP contribution < -0.4 is 4.74 Å². The third kappa shape index (κ3) is 4.81. The van der Waals surface area contributed by atoms with Gasteiger partial charge in [-0.1, -0.05) is 25.7 Å². The van der Waals surface area contributed by atoms with Gasteiger partial charge in [0.15, 0.2) is 0 Å². The molecular weight excluding hydrogens is 202 g/mol. The standard InChI is InChI=1S/C13H17NO2/c1-11(2)10-16-13-7-12(8-14-9-13)5-3-4-6-15/h7-9,11,15H,4,6,10H2,1-2H3. The highest BCUT2D eigenvalue weighted by molar-refractivity contribution is 5.36. The third-order valence-electron chi connectivity index (χ3n) is 1.77. The molecule has 0 bridgehead atoms. The molecule has 0 saturated carbocycles. The third-order valence-corrected chi connectivity index (χ3v) is 1.77. The van der Waals surface area contributed by atoms with Crippen LogP contribution >= 0.6 is 0 Å². The van der Waals surface area contributed by atoms with Gasteiger partial charge in [0.05, 0.1) is 19.4 Å². The minimum absolute atomic E-state index is 0.0873. The first-order valence-corrected chi connectivity index (χ1v) is 5.40. The summed E-state index contributed by atoms with van der Waals surface area (Å²) in [7, 11) is 0. The van der Waals surface area contributed by atoms with Crippen molar-refractivity contribution in [3.05, 3.63) is 24.0 Å². The number of ether oxygens (including phenoxy) is 1. The molecule has 0 saturated heterocycles. The first kappa shape index (κ1) is 12.5. The van der Waals surface area contributed by atoms with Gasteiger partial charge in [0, 0.05) is 18.2 Å². The lowest BCUT2D eigenvalue weighted by atomic mass is 10.2. The van der Waals surface area contributed by atoms with Gasteiger partial charge < -0.3 is 9.84 Å². The van der Waals surface area contributed by atoms with Crippen LogP contribution in [0, 0.1) is 17.8 Å². The molecule has 0 spiro atoms. The first-order chi connectivity index (χ1) is 7.72. The van der Waals surface area contributed by atoms with Crippen molar-refractivity contribution in [3.8, 4) is 17.6 Å². The fraction of sp³-hybridized carbons (Fsp3) is 0.462. The topological polar surface area (TPSA) is 42.4 Å². The van der Waals surface area contributed by atoms with Crippen LogP contribution in [0.1, 0.15) is 25.8 Å². The summed E-state index contributed by atoms with van der Waals surface area (Å²) in [6, 6.07) is 1.86. The normalized spacial score (nSPS) is 9.75. The Hall–Kier alpha value is -1.53. The summed E-state index contributed by atoms with van der Waals surface area (Å²) < 4.78 is 5.53. The minimum Gasteiger partial charge on any atom is -0.492 e. The number of aliphatic hydroxyl groups excluding tert-OH is 1. The number of hydrogen-bond donors (Lipinski definition) is 1. The Balaban J connectivity index is 2.61. The van der Waals surface area contributed by atoms with E-state index in [1.807, 2.05) is 6.07 Å². The van der Waals surface area contributed by atoms with Crippen molar-refractivity contribution in [2.45, 2.75) is 20.3 Å². The summed E-state index contributed by atoms with van der Waals surface area (Å²) in [5.74, 6) is 7.00. The van der Waals surface area contributed by atoms with Crippen molar-refractivity contribution in [2.75, 3.05) is 13.2 Å². The highest BCUT2D eigenvalue weighted by atomic mass is 16.5. The lowest BCUT2D eigenvalue weighted by Crippen LogP contribution is -2.04. The van der Waals surface area contributed by atoms with Crippen molar-refractivity contribution in [2.24, 2.45) is 5.92 Å². The molecule has 1 rings (SSSR count). The van der Waals surface area contributed by atoms with Crippen LogP contribution in [0.2, 0.25) is 0 Å². The van der Waals surface area contributed by atoms with E-state index in [0.717, 1.165) is 11.3 Å². The number of hydrogen-bond acceptors (Lipinski definition) is 3. The molecule has 1 heterocycles. The maximum absolute atomic E-state index is 8.60. The number of pyridine rings is 1. The van der Waals surface area contributed by atoms with Gasteiger partial charge in [0.2, 0.25) is 0 Å². The van der Waals surface area contributed by atoms with Crippen LogP contribution in [0.15, 0.2) is 18.5 Å². The molecule has 0 aliphatic heterocycles. The average molecular weight is 219 g/mol. The van der Waals surface area contributed by atoms with Crippen molar-refractivity contribution in [1.82, 2.24) is 4.98 Å². The van der Waals surface area contributed by atoms with Crippen LogP contribution in [0.3, 0.4) is 0 Å². The minimum atomic E-state index is 0.0873. The summed E-state index contributed by atoms with van der Waals surface area (Å²) in [6.45, 7) is 4.95.